The second kappa shape index (κ2) is 8.23. The Labute approximate surface area is 164 Å². The van der Waals surface area contributed by atoms with Gasteiger partial charge in [0, 0.05) is 54.0 Å². The maximum absolute atomic E-state index is 11.1. The lowest BCUT2D eigenvalue weighted by atomic mass is 10.0. The first kappa shape index (κ1) is 18.2. The molecule has 3 aromatic rings. The lowest BCUT2D eigenvalue weighted by molar-refractivity contribution is -0.138. The predicted octanol–water partition coefficient (Wildman–Crippen LogP) is 4.05. The third-order valence-electron chi connectivity index (χ3n) is 5.14. The lowest BCUT2D eigenvalue weighted by Crippen LogP contribution is -2.36. The van der Waals surface area contributed by atoms with E-state index >= 15 is 0 Å². The van der Waals surface area contributed by atoms with E-state index in [-0.39, 0.29) is 12.6 Å². The number of benzene rings is 2. The number of rotatable bonds is 6. The highest BCUT2D eigenvalue weighted by Crippen LogP contribution is 2.38. The molecule has 1 aliphatic rings. The summed E-state index contributed by atoms with van der Waals surface area (Å²) < 4.78 is 0. The van der Waals surface area contributed by atoms with Crippen molar-refractivity contribution in [3.63, 3.8) is 0 Å². The highest BCUT2D eigenvalue weighted by molar-refractivity contribution is 5.82. The molecule has 1 aromatic heterocycles. The summed E-state index contributed by atoms with van der Waals surface area (Å²) in [6.45, 7) is 1.60. The van der Waals surface area contributed by atoms with Gasteiger partial charge in [0.1, 0.15) is 0 Å². The number of likely N-dealkylation sites (tertiary alicyclic amines) is 1. The van der Waals surface area contributed by atoms with Crippen LogP contribution in [0.25, 0.3) is 11.1 Å². The summed E-state index contributed by atoms with van der Waals surface area (Å²) >= 11 is 0. The molecule has 1 unspecified atom stereocenters. The number of anilines is 2. The minimum absolute atomic E-state index is 0.0867. The van der Waals surface area contributed by atoms with Crippen molar-refractivity contribution in [3.8, 4) is 11.1 Å². The normalized spacial score (nSPS) is 16.8. The topological polar surface area (TPSA) is 56.7 Å². The first-order chi connectivity index (χ1) is 13.7. The second-order valence-corrected chi connectivity index (χ2v) is 7.04. The molecule has 1 aliphatic heterocycles. The fourth-order valence-corrected chi connectivity index (χ4v) is 3.94. The average Bonchev–Trinajstić information content (AvgIpc) is 3.17. The van der Waals surface area contributed by atoms with Crippen LogP contribution in [0.1, 0.15) is 6.42 Å². The SMILES string of the molecule is O=C(O)CN1CCC(N(c2ccccc2)c2ccccc2-c2cccnc2)C1. The van der Waals surface area contributed by atoms with Crippen molar-refractivity contribution in [2.24, 2.45) is 0 Å². The van der Waals surface area contributed by atoms with Crippen molar-refractivity contribution < 1.29 is 9.90 Å². The van der Waals surface area contributed by atoms with Crippen molar-refractivity contribution >= 4 is 17.3 Å². The highest BCUT2D eigenvalue weighted by atomic mass is 16.4. The fraction of sp³-hybridized carbons (Fsp3) is 0.217. The minimum Gasteiger partial charge on any atom is -0.480 e. The molecule has 28 heavy (non-hydrogen) atoms. The van der Waals surface area contributed by atoms with Crippen molar-refractivity contribution in [1.82, 2.24) is 9.88 Å². The number of nitrogens with zero attached hydrogens (tertiary/aromatic N) is 3. The molecule has 5 heteroatoms. The summed E-state index contributed by atoms with van der Waals surface area (Å²) in [7, 11) is 0. The molecule has 2 heterocycles. The van der Waals surface area contributed by atoms with Gasteiger partial charge in [-0.25, -0.2) is 0 Å². The highest BCUT2D eigenvalue weighted by Gasteiger charge is 2.31. The van der Waals surface area contributed by atoms with Gasteiger partial charge < -0.3 is 10.0 Å². The van der Waals surface area contributed by atoms with Crippen molar-refractivity contribution in [2.75, 3.05) is 24.5 Å². The maximum Gasteiger partial charge on any atom is 0.317 e. The molecule has 1 N–H and O–H groups in total. The lowest BCUT2D eigenvalue weighted by Gasteiger charge is -2.33. The van der Waals surface area contributed by atoms with Crippen LogP contribution in [0.4, 0.5) is 11.4 Å². The van der Waals surface area contributed by atoms with Crippen molar-refractivity contribution in [1.29, 1.82) is 0 Å². The molecule has 2 aromatic carbocycles. The van der Waals surface area contributed by atoms with Crippen LogP contribution in [0.3, 0.4) is 0 Å². The Balaban J connectivity index is 1.75. The van der Waals surface area contributed by atoms with Crippen LogP contribution in [0.5, 0.6) is 0 Å². The van der Waals surface area contributed by atoms with Gasteiger partial charge in [0.25, 0.3) is 0 Å². The van der Waals surface area contributed by atoms with Gasteiger partial charge in [-0.3, -0.25) is 14.7 Å². The Kier molecular flexibility index (Phi) is 5.35. The molecule has 142 valence electrons. The molecular weight excluding hydrogens is 350 g/mol. The van der Waals surface area contributed by atoms with E-state index in [1.807, 2.05) is 41.4 Å². The Morgan fingerprint density at radius 1 is 1.07 bits per heavy atom. The van der Waals surface area contributed by atoms with E-state index in [2.05, 4.69) is 46.3 Å². The zero-order valence-electron chi connectivity index (χ0n) is 15.6. The molecule has 0 amide bonds. The molecule has 0 radical (unpaired) electrons. The zero-order chi connectivity index (χ0) is 19.3. The predicted molar refractivity (Wildman–Crippen MR) is 111 cm³/mol. The summed E-state index contributed by atoms with van der Waals surface area (Å²) in [6, 6.07) is 22.9. The van der Waals surface area contributed by atoms with Crippen LogP contribution in [0.2, 0.25) is 0 Å². The van der Waals surface area contributed by atoms with Crippen LogP contribution >= 0.6 is 0 Å². The fourth-order valence-electron chi connectivity index (χ4n) is 3.94. The molecular formula is C23H23N3O2. The summed E-state index contributed by atoms with van der Waals surface area (Å²) in [5.74, 6) is -0.775. The Morgan fingerprint density at radius 2 is 1.86 bits per heavy atom. The van der Waals surface area contributed by atoms with Gasteiger partial charge in [-0.15, -0.1) is 0 Å². The number of hydrogen-bond donors (Lipinski definition) is 1. The summed E-state index contributed by atoms with van der Waals surface area (Å²) in [5, 5.41) is 9.16. The first-order valence-electron chi connectivity index (χ1n) is 9.50. The number of carboxylic acids is 1. The summed E-state index contributed by atoms with van der Waals surface area (Å²) in [4.78, 5) is 19.8. The number of para-hydroxylation sites is 2. The number of hydrogen-bond acceptors (Lipinski definition) is 4. The average molecular weight is 373 g/mol. The molecule has 1 saturated heterocycles. The molecule has 0 saturated carbocycles. The second-order valence-electron chi connectivity index (χ2n) is 7.04. The molecule has 0 bridgehead atoms. The molecule has 5 nitrogen and oxygen atoms in total. The van der Waals surface area contributed by atoms with E-state index < -0.39 is 5.97 Å². The van der Waals surface area contributed by atoms with E-state index in [0.29, 0.717) is 0 Å². The van der Waals surface area contributed by atoms with Crippen molar-refractivity contribution in [3.05, 3.63) is 79.1 Å². The van der Waals surface area contributed by atoms with Crippen LogP contribution in [-0.2, 0) is 4.79 Å². The zero-order valence-corrected chi connectivity index (χ0v) is 15.6. The van der Waals surface area contributed by atoms with E-state index in [9.17, 15) is 4.79 Å². The Bertz CT molecular complexity index is 931. The van der Waals surface area contributed by atoms with E-state index in [1.165, 1.54) is 0 Å². The third-order valence-corrected chi connectivity index (χ3v) is 5.14. The van der Waals surface area contributed by atoms with Gasteiger partial charge in [-0.05, 0) is 30.7 Å². The monoisotopic (exact) mass is 373 g/mol. The van der Waals surface area contributed by atoms with Crippen LogP contribution in [0.15, 0.2) is 79.1 Å². The van der Waals surface area contributed by atoms with Crippen LogP contribution in [-0.4, -0.2) is 46.6 Å². The first-order valence-corrected chi connectivity index (χ1v) is 9.50. The minimum atomic E-state index is -0.775. The summed E-state index contributed by atoms with van der Waals surface area (Å²) in [5.41, 5.74) is 4.42. The molecule has 1 fully saturated rings. The van der Waals surface area contributed by atoms with E-state index in [4.69, 9.17) is 5.11 Å². The molecule has 4 rings (SSSR count). The van der Waals surface area contributed by atoms with Gasteiger partial charge in [0.2, 0.25) is 0 Å². The Morgan fingerprint density at radius 3 is 2.61 bits per heavy atom. The van der Waals surface area contributed by atoms with Gasteiger partial charge in [0.15, 0.2) is 0 Å². The quantitative estimate of drug-likeness (QED) is 0.707. The van der Waals surface area contributed by atoms with Crippen LogP contribution in [0, 0.1) is 0 Å². The smallest absolute Gasteiger partial charge is 0.317 e. The Hall–Kier alpha value is -3.18. The third kappa shape index (κ3) is 3.89. The van der Waals surface area contributed by atoms with E-state index in [1.54, 1.807) is 6.20 Å². The van der Waals surface area contributed by atoms with Crippen LogP contribution < -0.4 is 4.90 Å². The van der Waals surface area contributed by atoms with Gasteiger partial charge >= 0.3 is 5.97 Å². The largest absolute Gasteiger partial charge is 0.480 e. The van der Waals surface area contributed by atoms with Gasteiger partial charge in [0.05, 0.1) is 6.54 Å². The number of carboxylic acid groups (broad SMARTS) is 1. The molecule has 0 aliphatic carbocycles. The number of pyridine rings is 1. The number of aliphatic carboxylic acids is 1. The standard InChI is InChI=1S/C23H23N3O2/c27-23(28)17-25-14-12-20(16-25)26(19-8-2-1-3-9-19)22-11-5-4-10-21(22)18-7-6-13-24-15-18/h1-11,13,15,20H,12,14,16-17H2,(H,27,28). The van der Waals surface area contributed by atoms with Crippen molar-refractivity contribution in [2.45, 2.75) is 12.5 Å². The number of carbonyl (C=O) groups is 1. The number of aromatic nitrogens is 1. The molecule has 1 atom stereocenters. The maximum atomic E-state index is 11.1. The van der Waals surface area contributed by atoms with Gasteiger partial charge in [-0.1, -0.05) is 42.5 Å². The van der Waals surface area contributed by atoms with E-state index in [0.717, 1.165) is 42.0 Å². The molecule has 0 spiro atoms. The summed E-state index contributed by atoms with van der Waals surface area (Å²) in [6.07, 6.45) is 4.58. The van der Waals surface area contributed by atoms with Gasteiger partial charge in [-0.2, -0.15) is 0 Å².